The van der Waals surface area contributed by atoms with Crippen molar-refractivity contribution >= 4 is 21.6 Å². The molecule has 0 amide bonds. The van der Waals surface area contributed by atoms with Gasteiger partial charge in [0.25, 0.3) is 0 Å². The SMILES string of the molecule is Oc1cccc(CNc2ccc(F)c(Br)c2)c1. The van der Waals surface area contributed by atoms with Gasteiger partial charge < -0.3 is 10.4 Å². The molecular formula is C13H11BrFNO. The van der Waals surface area contributed by atoms with Gasteiger partial charge in [0.05, 0.1) is 4.47 Å². The molecule has 0 fully saturated rings. The molecule has 0 unspecified atom stereocenters. The zero-order valence-corrected chi connectivity index (χ0v) is 10.5. The molecule has 88 valence electrons. The normalized spacial score (nSPS) is 10.2. The van der Waals surface area contributed by atoms with Crippen LogP contribution in [0.1, 0.15) is 5.56 Å². The molecule has 2 nitrogen and oxygen atoms in total. The van der Waals surface area contributed by atoms with E-state index in [9.17, 15) is 9.50 Å². The molecule has 0 heterocycles. The molecule has 2 aromatic rings. The van der Waals surface area contributed by atoms with Crippen molar-refractivity contribution in [2.75, 3.05) is 5.32 Å². The predicted octanol–water partition coefficient (Wildman–Crippen LogP) is 3.91. The van der Waals surface area contributed by atoms with Crippen molar-refractivity contribution in [3.63, 3.8) is 0 Å². The quantitative estimate of drug-likeness (QED) is 0.900. The minimum atomic E-state index is -0.284. The van der Waals surface area contributed by atoms with Gasteiger partial charge in [0.1, 0.15) is 11.6 Å². The van der Waals surface area contributed by atoms with Gasteiger partial charge in [0.15, 0.2) is 0 Å². The van der Waals surface area contributed by atoms with Crippen molar-refractivity contribution in [3.8, 4) is 5.75 Å². The van der Waals surface area contributed by atoms with E-state index < -0.39 is 0 Å². The Balaban J connectivity index is 2.05. The number of aromatic hydroxyl groups is 1. The molecule has 0 aliphatic heterocycles. The summed E-state index contributed by atoms with van der Waals surface area (Å²) in [5, 5.41) is 12.5. The summed E-state index contributed by atoms with van der Waals surface area (Å²) in [6.45, 7) is 0.576. The third-order valence-electron chi connectivity index (χ3n) is 2.33. The smallest absolute Gasteiger partial charge is 0.137 e. The van der Waals surface area contributed by atoms with Crippen LogP contribution in [-0.4, -0.2) is 5.11 Å². The summed E-state index contributed by atoms with van der Waals surface area (Å²) in [4.78, 5) is 0. The van der Waals surface area contributed by atoms with Gasteiger partial charge >= 0.3 is 0 Å². The average Bonchev–Trinajstić information content (AvgIpc) is 2.31. The van der Waals surface area contributed by atoms with Crippen LogP contribution >= 0.6 is 15.9 Å². The zero-order chi connectivity index (χ0) is 12.3. The number of nitrogens with one attached hydrogen (secondary N) is 1. The second kappa shape index (κ2) is 5.19. The maximum atomic E-state index is 13.0. The highest BCUT2D eigenvalue weighted by atomic mass is 79.9. The lowest BCUT2D eigenvalue weighted by Crippen LogP contribution is -1.99. The molecule has 0 radical (unpaired) electrons. The van der Waals surface area contributed by atoms with E-state index in [1.54, 1.807) is 30.3 Å². The molecule has 0 aliphatic carbocycles. The van der Waals surface area contributed by atoms with E-state index in [1.807, 2.05) is 6.07 Å². The lowest BCUT2D eigenvalue weighted by molar-refractivity contribution is 0.474. The summed E-state index contributed by atoms with van der Waals surface area (Å²) in [6.07, 6.45) is 0. The Morgan fingerprint density at radius 2 is 2.00 bits per heavy atom. The van der Waals surface area contributed by atoms with Crippen molar-refractivity contribution in [3.05, 3.63) is 58.3 Å². The van der Waals surface area contributed by atoms with E-state index in [2.05, 4.69) is 21.2 Å². The third-order valence-corrected chi connectivity index (χ3v) is 2.93. The molecule has 2 aromatic carbocycles. The molecule has 0 atom stereocenters. The van der Waals surface area contributed by atoms with Gasteiger partial charge in [-0.2, -0.15) is 0 Å². The summed E-state index contributed by atoms with van der Waals surface area (Å²) in [5.74, 6) is -0.0440. The lowest BCUT2D eigenvalue weighted by atomic mass is 10.2. The van der Waals surface area contributed by atoms with Gasteiger partial charge in [-0.1, -0.05) is 12.1 Å². The predicted molar refractivity (Wildman–Crippen MR) is 69.5 cm³/mol. The number of halogens is 2. The first-order valence-corrected chi connectivity index (χ1v) is 5.91. The van der Waals surface area contributed by atoms with Crippen LogP contribution in [0.5, 0.6) is 5.75 Å². The van der Waals surface area contributed by atoms with Crippen LogP contribution < -0.4 is 5.32 Å². The van der Waals surface area contributed by atoms with E-state index in [0.29, 0.717) is 11.0 Å². The van der Waals surface area contributed by atoms with E-state index >= 15 is 0 Å². The number of phenolic OH excluding ortho intramolecular Hbond substituents is 1. The number of benzene rings is 2. The number of hydrogen-bond donors (Lipinski definition) is 2. The Labute approximate surface area is 107 Å². The topological polar surface area (TPSA) is 32.3 Å². The third kappa shape index (κ3) is 3.20. The molecule has 0 saturated heterocycles. The number of hydrogen-bond acceptors (Lipinski definition) is 2. The molecule has 0 aromatic heterocycles. The maximum absolute atomic E-state index is 13.0. The number of anilines is 1. The molecule has 0 bridgehead atoms. The number of rotatable bonds is 3. The lowest BCUT2D eigenvalue weighted by Gasteiger charge is -2.07. The van der Waals surface area contributed by atoms with Crippen LogP contribution in [0.3, 0.4) is 0 Å². The Morgan fingerprint density at radius 1 is 1.18 bits per heavy atom. The minimum Gasteiger partial charge on any atom is -0.508 e. The molecule has 0 spiro atoms. The van der Waals surface area contributed by atoms with Crippen molar-refractivity contribution in [2.45, 2.75) is 6.54 Å². The van der Waals surface area contributed by atoms with Crippen LogP contribution in [0.2, 0.25) is 0 Å². The van der Waals surface area contributed by atoms with Crippen molar-refractivity contribution < 1.29 is 9.50 Å². The van der Waals surface area contributed by atoms with E-state index in [-0.39, 0.29) is 11.6 Å². The van der Waals surface area contributed by atoms with Gasteiger partial charge in [-0.25, -0.2) is 4.39 Å². The highest BCUT2D eigenvalue weighted by Crippen LogP contribution is 2.20. The first-order chi connectivity index (χ1) is 8.15. The molecule has 4 heteroatoms. The Bertz CT molecular complexity index is 531. The van der Waals surface area contributed by atoms with Crippen LogP contribution in [-0.2, 0) is 6.54 Å². The fraction of sp³-hybridized carbons (Fsp3) is 0.0769. The summed E-state index contributed by atoms with van der Waals surface area (Å²) >= 11 is 3.13. The second-order valence-electron chi connectivity index (χ2n) is 3.65. The van der Waals surface area contributed by atoms with Crippen molar-refractivity contribution in [1.29, 1.82) is 0 Å². The van der Waals surface area contributed by atoms with Gasteiger partial charge in [0.2, 0.25) is 0 Å². The second-order valence-corrected chi connectivity index (χ2v) is 4.51. The van der Waals surface area contributed by atoms with Crippen LogP contribution in [0.4, 0.5) is 10.1 Å². The molecule has 17 heavy (non-hydrogen) atoms. The summed E-state index contributed by atoms with van der Waals surface area (Å²) in [7, 11) is 0. The number of phenols is 1. The Morgan fingerprint density at radius 3 is 2.71 bits per heavy atom. The van der Waals surface area contributed by atoms with Crippen molar-refractivity contribution in [1.82, 2.24) is 0 Å². The van der Waals surface area contributed by atoms with Crippen LogP contribution in [0, 0.1) is 5.82 Å². The summed E-state index contributed by atoms with van der Waals surface area (Å²) < 4.78 is 13.4. The van der Waals surface area contributed by atoms with Gasteiger partial charge in [-0.15, -0.1) is 0 Å². The molecule has 0 aliphatic rings. The van der Waals surface area contributed by atoms with E-state index in [0.717, 1.165) is 11.3 Å². The average molecular weight is 296 g/mol. The molecule has 0 saturated carbocycles. The molecule has 2 N–H and O–H groups in total. The maximum Gasteiger partial charge on any atom is 0.137 e. The fourth-order valence-corrected chi connectivity index (χ4v) is 1.86. The highest BCUT2D eigenvalue weighted by Gasteiger charge is 2.00. The minimum absolute atomic E-state index is 0.240. The largest absolute Gasteiger partial charge is 0.508 e. The first-order valence-electron chi connectivity index (χ1n) is 5.12. The fourth-order valence-electron chi connectivity index (χ4n) is 1.48. The van der Waals surface area contributed by atoms with E-state index in [1.165, 1.54) is 6.07 Å². The van der Waals surface area contributed by atoms with Gasteiger partial charge in [-0.3, -0.25) is 0 Å². The summed E-state index contributed by atoms with van der Waals surface area (Å²) in [5.41, 5.74) is 1.78. The van der Waals surface area contributed by atoms with Crippen LogP contribution in [0.25, 0.3) is 0 Å². The van der Waals surface area contributed by atoms with Crippen LogP contribution in [0.15, 0.2) is 46.9 Å². The zero-order valence-electron chi connectivity index (χ0n) is 8.95. The van der Waals surface area contributed by atoms with Gasteiger partial charge in [-0.05, 0) is 51.8 Å². The van der Waals surface area contributed by atoms with Crippen molar-refractivity contribution in [2.24, 2.45) is 0 Å². The molecular weight excluding hydrogens is 285 g/mol. The molecule has 2 rings (SSSR count). The monoisotopic (exact) mass is 295 g/mol. The first kappa shape index (κ1) is 11.9. The van der Waals surface area contributed by atoms with E-state index in [4.69, 9.17) is 0 Å². The summed E-state index contributed by atoms with van der Waals surface area (Å²) in [6, 6.07) is 11.7. The highest BCUT2D eigenvalue weighted by molar-refractivity contribution is 9.10. The standard InChI is InChI=1S/C13H11BrFNO/c14-12-7-10(4-5-13(12)15)16-8-9-2-1-3-11(17)6-9/h1-7,16-17H,8H2. The van der Waals surface area contributed by atoms with Gasteiger partial charge in [0, 0.05) is 12.2 Å². The Hall–Kier alpha value is -1.55. The Kier molecular flexibility index (Phi) is 3.64.